The molecule has 0 bridgehead atoms. The molecular weight excluding hydrogens is 278 g/mol. The largest absolute Gasteiger partial charge is 0.497 e. The third-order valence-electron chi connectivity index (χ3n) is 3.47. The molecule has 0 atom stereocenters. The monoisotopic (exact) mass is 295 g/mol. The Morgan fingerprint density at radius 2 is 1.68 bits per heavy atom. The fourth-order valence-electron chi connectivity index (χ4n) is 2.21. The van der Waals surface area contributed by atoms with Gasteiger partial charge in [0.1, 0.15) is 5.75 Å². The summed E-state index contributed by atoms with van der Waals surface area (Å²) in [6, 6.07) is 15.8. The van der Waals surface area contributed by atoms with E-state index in [9.17, 15) is 0 Å². The van der Waals surface area contributed by atoms with Gasteiger partial charge < -0.3 is 10.5 Å². The number of nitrogens with two attached hydrogens (primary N) is 1. The number of nitrogens with zero attached hydrogens (tertiary/aromatic N) is 4. The minimum atomic E-state index is 0.525. The average Bonchev–Trinajstić information content (AvgIpc) is 3.04. The number of rotatable bonds is 5. The molecule has 0 radical (unpaired) electrons. The smallest absolute Gasteiger partial charge is 0.182 e. The molecule has 0 amide bonds. The maximum Gasteiger partial charge on any atom is 0.182 e. The zero-order valence-corrected chi connectivity index (χ0v) is 12.3. The molecule has 2 aromatic carbocycles. The molecule has 3 aromatic rings. The summed E-state index contributed by atoms with van der Waals surface area (Å²) in [6.07, 6.45) is 0. The number of hydrogen-bond acceptors (Lipinski definition) is 5. The van der Waals surface area contributed by atoms with Gasteiger partial charge in [0.25, 0.3) is 0 Å². The minimum absolute atomic E-state index is 0.525. The molecule has 112 valence electrons. The predicted octanol–water partition coefficient (Wildman–Crippen LogP) is 1.86. The van der Waals surface area contributed by atoms with E-state index in [1.165, 1.54) is 0 Å². The fourth-order valence-corrected chi connectivity index (χ4v) is 2.21. The minimum Gasteiger partial charge on any atom is -0.497 e. The molecule has 2 N–H and O–H groups in total. The van der Waals surface area contributed by atoms with Crippen LogP contribution in [0, 0.1) is 0 Å². The molecule has 0 fully saturated rings. The molecular formula is C16H17N5O. The third kappa shape index (κ3) is 2.96. The number of benzene rings is 2. The van der Waals surface area contributed by atoms with E-state index in [1.807, 2.05) is 48.5 Å². The normalized spacial score (nSPS) is 10.6. The first-order valence-corrected chi connectivity index (χ1v) is 6.98. The summed E-state index contributed by atoms with van der Waals surface area (Å²) in [5.41, 5.74) is 8.77. The summed E-state index contributed by atoms with van der Waals surface area (Å²) in [5, 5.41) is 12.0. The molecule has 0 saturated carbocycles. The highest BCUT2D eigenvalue weighted by molar-refractivity contribution is 5.55. The Balaban J connectivity index is 1.84. The number of tetrazole rings is 1. The van der Waals surface area contributed by atoms with Crippen molar-refractivity contribution in [3.63, 3.8) is 0 Å². The van der Waals surface area contributed by atoms with Gasteiger partial charge in [-0.1, -0.05) is 36.4 Å². The van der Waals surface area contributed by atoms with Gasteiger partial charge in [0, 0.05) is 12.1 Å². The van der Waals surface area contributed by atoms with Gasteiger partial charge in [-0.25, -0.2) is 4.68 Å². The van der Waals surface area contributed by atoms with Crippen molar-refractivity contribution in [2.75, 3.05) is 7.11 Å². The van der Waals surface area contributed by atoms with Crippen molar-refractivity contribution < 1.29 is 4.74 Å². The van der Waals surface area contributed by atoms with Gasteiger partial charge in [0.2, 0.25) is 0 Å². The Hall–Kier alpha value is -2.73. The zero-order valence-electron chi connectivity index (χ0n) is 12.3. The van der Waals surface area contributed by atoms with E-state index in [2.05, 4.69) is 15.5 Å². The molecule has 1 aromatic heterocycles. The quantitative estimate of drug-likeness (QED) is 0.777. The summed E-state index contributed by atoms with van der Waals surface area (Å²) in [6.45, 7) is 1.13. The molecule has 22 heavy (non-hydrogen) atoms. The SMILES string of the molecule is COc1ccc(Cn2nnnc2-c2ccc(CN)cc2)cc1. The third-order valence-corrected chi connectivity index (χ3v) is 3.47. The van der Waals surface area contributed by atoms with Crippen LogP contribution in [-0.4, -0.2) is 27.3 Å². The Morgan fingerprint density at radius 1 is 1.00 bits per heavy atom. The van der Waals surface area contributed by atoms with Crippen molar-refractivity contribution >= 4 is 0 Å². The van der Waals surface area contributed by atoms with Crippen molar-refractivity contribution in [3.05, 3.63) is 59.7 Å². The van der Waals surface area contributed by atoms with Gasteiger partial charge >= 0.3 is 0 Å². The van der Waals surface area contributed by atoms with E-state index in [4.69, 9.17) is 10.5 Å². The van der Waals surface area contributed by atoms with Crippen molar-refractivity contribution in [1.29, 1.82) is 0 Å². The fraction of sp³-hybridized carbons (Fsp3) is 0.188. The summed E-state index contributed by atoms with van der Waals surface area (Å²) >= 11 is 0. The van der Waals surface area contributed by atoms with Crippen LogP contribution in [-0.2, 0) is 13.1 Å². The van der Waals surface area contributed by atoms with Crippen LogP contribution in [0.1, 0.15) is 11.1 Å². The van der Waals surface area contributed by atoms with E-state index in [-0.39, 0.29) is 0 Å². The van der Waals surface area contributed by atoms with Gasteiger partial charge in [0.05, 0.1) is 13.7 Å². The highest BCUT2D eigenvalue weighted by Gasteiger charge is 2.09. The van der Waals surface area contributed by atoms with Crippen LogP contribution < -0.4 is 10.5 Å². The Kier molecular flexibility index (Phi) is 4.11. The predicted molar refractivity (Wildman–Crippen MR) is 83.2 cm³/mol. The lowest BCUT2D eigenvalue weighted by atomic mass is 10.1. The second kappa shape index (κ2) is 6.36. The summed E-state index contributed by atoms with van der Waals surface area (Å²) in [5.74, 6) is 1.57. The summed E-state index contributed by atoms with van der Waals surface area (Å²) in [7, 11) is 1.65. The van der Waals surface area contributed by atoms with Crippen LogP contribution >= 0.6 is 0 Å². The number of aromatic nitrogens is 4. The molecule has 1 heterocycles. The summed E-state index contributed by atoms with van der Waals surface area (Å²) < 4.78 is 6.94. The molecule has 3 rings (SSSR count). The molecule has 6 nitrogen and oxygen atoms in total. The lowest BCUT2D eigenvalue weighted by molar-refractivity contribution is 0.414. The van der Waals surface area contributed by atoms with Crippen molar-refractivity contribution in [2.45, 2.75) is 13.1 Å². The second-order valence-electron chi connectivity index (χ2n) is 4.91. The van der Waals surface area contributed by atoms with Crippen LogP contribution in [0.25, 0.3) is 11.4 Å². The number of hydrogen-bond donors (Lipinski definition) is 1. The maximum atomic E-state index is 5.62. The highest BCUT2D eigenvalue weighted by atomic mass is 16.5. The first-order valence-electron chi connectivity index (χ1n) is 6.98. The molecule has 0 unspecified atom stereocenters. The van der Waals surface area contributed by atoms with E-state index in [0.717, 1.165) is 28.3 Å². The van der Waals surface area contributed by atoms with E-state index < -0.39 is 0 Å². The van der Waals surface area contributed by atoms with Crippen molar-refractivity contribution in [2.24, 2.45) is 5.73 Å². The lowest BCUT2D eigenvalue weighted by Gasteiger charge is -2.06. The van der Waals surface area contributed by atoms with E-state index >= 15 is 0 Å². The van der Waals surface area contributed by atoms with Gasteiger partial charge in [0.15, 0.2) is 5.82 Å². The van der Waals surface area contributed by atoms with E-state index in [0.29, 0.717) is 13.1 Å². The van der Waals surface area contributed by atoms with E-state index in [1.54, 1.807) is 11.8 Å². The molecule has 0 aliphatic carbocycles. The first-order chi connectivity index (χ1) is 10.8. The molecule has 0 saturated heterocycles. The van der Waals surface area contributed by atoms with Crippen LogP contribution in [0.15, 0.2) is 48.5 Å². The number of methoxy groups -OCH3 is 1. The molecule has 0 aliphatic heterocycles. The highest BCUT2D eigenvalue weighted by Crippen LogP contribution is 2.18. The molecule has 0 aliphatic rings. The van der Waals surface area contributed by atoms with Crippen LogP contribution in [0.4, 0.5) is 0 Å². The Morgan fingerprint density at radius 3 is 2.32 bits per heavy atom. The van der Waals surface area contributed by atoms with Crippen molar-refractivity contribution in [1.82, 2.24) is 20.2 Å². The Labute approximate surface area is 128 Å². The lowest BCUT2D eigenvalue weighted by Crippen LogP contribution is -2.04. The van der Waals surface area contributed by atoms with Gasteiger partial charge in [-0.2, -0.15) is 0 Å². The van der Waals surface area contributed by atoms with Crippen LogP contribution in [0.5, 0.6) is 5.75 Å². The van der Waals surface area contributed by atoms with Crippen LogP contribution in [0.2, 0.25) is 0 Å². The van der Waals surface area contributed by atoms with Crippen molar-refractivity contribution in [3.8, 4) is 17.1 Å². The average molecular weight is 295 g/mol. The van der Waals surface area contributed by atoms with Crippen LogP contribution in [0.3, 0.4) is 0 Å². The summed E-state index contributed by atoms with van der Waals surface area (Å²) in [4.78, 5) is 0. The number of ether oxygens (including phenoxy) is 1. The van der Waals surface area contributed by atoms with Gasteiger partial charge in [-0.15, -0.1) is 5.10 Å². The first kappa shape index (κ1) is 14.2. The molecule has 6 heteroatoms. The van der Waals surface area contributed by atoms with Gasteiger partial charge in [-0.05, 0) is 33.7 Å². The maximum absolute atomic E-state index is 5.62. The second-order valence-corrected chi connectivity index (χ2v) is 4.91. The Bertz CT molecular complexity index is 734. The molecule has 0 spiro atoms. The topological polar surface area (TPSA) is 78.8 Å². The van der Waals surface area contributed by atoms with Gasteiger partial charge in [-0.3, -0.25) is 0 Å². The zero-order chi connectivity index (χ0) is 15.4. The standard InChI is InChI=1S/C16H17N5O/c1-22-15-8-4-13(5-9-15)11-21-16(18-19-20-21)14-6-2-12(10-17)3-7-14/h2-9H,10-11,17H2,1H3.